The molecule has 0 radical (unpaired) electrons. The molecule has 0 bridgehead atoms. The van der Waals surface area contributed by atoms with Gasteiger partial charge in [-0.2, -0.15) is 0 Å². The first kappa shape index (κ1) is 61.2. The minimum absolute atomic E-state index is 0.00720. The van der Waals surface area contributed by atoms with Gasteiger partial charge in [-0.3, -0.25) is 9.59 Å². The van der Waals surface area contributed by atoms with Gasteiger partial charge < -0.3 is 19.3 Å². The Balaban J connectivity index is 2.65. The van der Waals surface area contributed by atoms with Crippen LogP contribution in [0.2, 0.25) is 0 Å². The SMILES string of the molecule is C=C(CCCCCCC)N(CCCN1CCCC1)C(/C=C/CCCCCCC(=O)OCC(CCCC)CCCCCC)CCCCCCCCC(=O)OCC(CCCC)CCCCCC. The molecule has 0 aromatic heterocycles. The van der Waals surface area contributed by atoms with Gasteiger partial charge in [0.05, 0.1) is 13.2 Å². The molecule has 0 spiro atoms. The Morgan fingerprint density at radius 3 is 1.45 bits per heavy atom. The van der Waals surface area contributed by atoms with E-state index in [1.54, 1.807) is 0 Å². The number of nitrogens with zero attached hydrogens (tertiary/aromatic N) is 2. The molecule has 1 rings (SSSR count). The minimum Gasteiger partial charge on any atom is -0.465 e. The number of hydrogen-bond donors (Lipinski definition) is 0. The van der Waals surface area contributed by atoms with Gasteiger partial charge in [0.2, 0.25) is 0 Å². The summed E-state index contributed by atoms with van der Waals surface area (Å²) < 4.78 is 11.6. The summed E-state index contributed by atoms with van der Waals surface area (Å²) in [5.74, 6) is 1.09. The first-order chi connectivity index (χ1) is 31.9. The lowest BCUT2D eigenvalue weighted by Gasteiger charge is -2.34. The fourth-order valence-corrected chi connectivity index (χ4v) is 9.82. The molecule has 0 saturated carbocycles. The standard InChI is InChI=1S/C59H112N2O4/c1-7-12-17-24-29-39-54(6)61(51-38-50-60-48-36-37-49-60)57(44-32-25-20-22-27-34-46-58(62)64-52-55(40-15-10-4)42-30-18-13-8-2)45-33-26-21-23-28-35-47-59(63)65-53-56(41-16-11-5)43-31-19-14-9-3/h32,44,55-57H,6-31,33-43,45-53H2,1-5H3/b44-32+. The number of hydrogen-bond acceptors (Lipinski definition) is 6. The third kappa shape index (κ3) is 36.8. The molecule has 6 nitrogen and oxygen atoms in total. The summed E-state index contributed by atoms with van der Waals surface area (Å²) in [5, 5.41) is 0. The van der Waals surface area contributed by atoms with E-state index in [9.17, 15) is 9.59 Å². The molecule has 1 heterocycles. The smallest absolute Gasteiger partial charge is 0.305 e. The van der Waals surface area contributed by atoms with Gasteiger partial charge in [0.25, 0.3) is 0 Å². The van der Waals surface area contributed by atoms with Crippen molar-refractivity contribution < 1.29 is 19.1 Å². The summed E-state index contributed by atoms with van der Waals surface area (Å²) >= 11 is 0. The quantitative estimate of drug-likeness (QED) is 0.0344. The van der Waals surface area contributed by atoms with Crippen LogP contribution in [-0.4, -0.2) is 67.2 Å². The molecule has 0 N–H and O–H groups in total. The van der Waals surface area contributed by atoms with Crippen LogP contribution >= 0.6 is 0 Å². The largest absolute Gasteiger partial charge is 0.465 e. The Kier molecular flexibility index (Phi) is 43.2. The fourth-order valence-electron chi connectivity index (χ4n) is 9.82. The highest BCUT2D eigenvalue weighted by atomic mass is 16.5. The highest BCUT2D eigenvalue weighted by Crippen LogP contribution is 2.24. The van der Waals surface area contributed by atoms with Crippen LogP contribution in [0.1, 0.15) is 285 Å². The van der Waals surface area contributed by atoms with Gasteiger partial charge in [0.1, 0.15) is 0 Å². The third-order valence-corrected chi connectivity index (χ3v) is 14.3. The summed E-state index contributed by atoms with van der Waals surface area (Å²) in [7, 11) is 0. The van der Waals surface area contributed by atoms with Crippen LogP contribution in [0.25, 0.3) is 0 Å². The topological polar surface area (TPSA) is 59.1 Å². The number of carbonyl (C=O) groups is 2. The van der Waals surface area contributed by atoms with Crippen molar-refractivity contribution in [3.8, 4) is 0 Å². The molecule has 1 aliphatic rings. The second kappa shape index (κ2) is 45.9. The van der Waals surface area contributed by atoms with Crippen LogP contribution in [0.3, 0.4) is 0 Å². The molecule has 0 amide bonds. The minimum atomic E-state index is 0.00720. The number of ether oxygens (including phenoxy) is 2. The van der Waals surface area contributed by atoms with Crippen molar-refractivity contribution in [3.63, 3.8) is 0 Å². The van der Waals surface area contributed by atoms with Crippen molar-refractivity contribution in [2.75, 3.05) is 39.4 Å². The molecule has 0 aliphatic carbocycles. The van der Waals surface area contributed by atoms with E-state index in [0.717, 1.165) is 45.1 Å². The van der Waals surface area contributed by atoms with E-state index in [2.05, 4.69) is 56.6 Å². The molecule has 3 unspecified atom stereocenters. The number of rotatable bonds is 49. The average molecular weight is 914 g/mol. The van der Waals surface area contributed by atoms with Crippen molar-refractivity contribution in [2.24, 2.45) is 11.8 Å². The number of likely N-dealkylation sites (tertiary alicyclic amines) is 1. The lowest BCUT2D eigenvalue weighted by Crippen LogP contribution is -2.35. The van der Waals surface area contributed by atoms with E-state index in [0.29, 0.717) is 43.9 Å². The van der Waals surface area contributed by atoms with Gasteiger partial charge in [-0.25, -0.2) is 0 Å². The maximum absolute atomic E-state index is 12.6. The number of esters is 2. The van der Waals surface area contributed by atoms with Crippen molar-refractivity contribution in [1.29, 1.82) is 0 Å². The van der Waals surface area contributed by atoms with E-state index in [4.69, 9.17) is 16.1 Å². The van der Waals surface area contributed by atoms with Gasteiger partial charge in [0.15, 0.2) is 0 Å². The summed E-state index contributed by atoms with van der Waals surface area (Å²) in [6.07, 6.45) is 51.3. The fraction of sp³-hybridized carbons (Fsp3) is 0.898. The summed E-state index contributed by atoms with van der Waals surface area (Å²) in [4.78, 5) is 30.6. The first-order valence-electron chi connectivity index (χ1n) is 29.0. The van der Waals surface area contributed by atoms with Crippen molar-refractivity contribution >= 4 is 11.9 Å². The molecule has 0 aromatic rings. The van der Waals surface area contributed by atoms with Gasteiger partial charge >= 0.3 is 11.9 Å². The lowest BCUT2D eigenvalue weighted by molar-refractivity contribution is -0.146. The molecule has 382 valence electrons. The number of unbranched alkanes of at least 4 members (excludes halogenated alkanes) is 21. The molecule has 1 fully saturated rings. The maximum atomic E-state index is 12.6. The Morgan fingerprint density at radius 2 is 0.923 bits per heavy atom. The van der Waals surface area contributed by atoms with Crippen molar-refractivity contribution in [3.05, 3.63) is 24.4 Å². The predicted octanol–water partition coefficient (Wildman–Crippen LogP) is 17.7. The predicted molar refractivity (Wildman–Crippen MR) is 283 cm³/mol. The number of carbonyl (C=O) groups excluding carboxylic acids is 2. The van der Waals surface area contributed by atoms with Crippen LogP contribution in [-0.2, 0) is 19.1 Å². The zero-order valence-corrected chi connectivity index (χ0v) is 44.4. The Bertz CT molecular complexity index is 1100. The molecule has 6 heteroatoms. The molecule has 65 heavy (non-hydrogen) atoms. The Morgan fingerprint density at radius 1 is 0.508 bits per heavy atom. The van der Waals surface area contributed by atoms with E-state index in [-0.39, 0.29) is 11.9 Å². The van der Waals surface area contributed by atoms with Gasteiger partial charge in [-0.05, 0) is 121 Å². The first-order valence-corrected chi connectivity index (χ1v) is 29.0. The van der Waals surface area contributed by atoms with Crippen LogP contribution in [0.15, 0.2) is 24.4 Å². The second-order valence-corrected chi connectivity index (χ2v) is 20.5. The maximum Gasteiger partial charge on any atom is 0.305 e. The van der Waals surface area contributed by atoms with Crippen molar-refractivity contribution in [2.45, 2.75) is 291 Å². The average Bonchev–Trinajstić information content (AvgIpc) is 3.84. The van der Waals surface area contributed by atoms with Crippen molar-refractivity contribution in [1.82, 2.24) is 9.80 Å². The Labute approximate surface area is 406 Å². The molecule has 1 saturated heterocycles. The molecule has 0 aromatic carbocycles. The van der Waals surface area contributed by atoms with Crippen LogP contribution in [0, 0.1) is 11.8 Å². The monoisotopic (exact) mass is 913 g/mol. The van der Waals surface area contributed by atoms with E-state index in [1.165, 1.54) is 224 Å². The third-order valence-electron chi connectivity index (χ3n) is 14.3. The van der Waals surface area contributed by atoms with E-state index < -0.39 is 0 Å². The van der Waals surface area contributed by atoms with Gasteiger partial charge in [-0.15, -0.1) is 0 Å². The molecular weight excluding hydrogens is 801 g/mol. The summed E-state index contributed by atoms with van der Waals surface area (Å²) in [6.45, 7) is 22.2. The van der Waals surface area contributed by atoms with E-state index in [1.807, 2.05) is 0 Å². The normalized spacial score (nSPS) is 14.5. The summed E-state index contributed by atoms with van der Waals surface area (Å²) in [6, 6.07) is 0.404. The van der Waals surface area contributed by atoms with Gasteiger partial charge in [-0.1, -0.05) is 201 Å². The molecule has 1 aliphatic heterocycles. The second-order valence-electron chi connectivity index (χ2n) is 20.5. The lowest BCUT2D eigenvalue weighted by atomic mass is 9.96. The van der Waals surface area contributed by atoms with E-state index >= 15 is 0 Å². The highest BCUT2D eigenvalue weighted by molar-refractivity contribution is 5.69. The zero-order chi connectivity index (χ0) is 47.3. The van der Waals surface area contributed by atoms with Crippen LogP contribution in [0.5, 0.6) is 0 Å². The summed E-state index contributed by atoms with van der Waals surface area (Å²) in [5.41, 5.74) is 1.35. The highest BCUT2D eigenvalue weighted by Gasteiger charge is 2.19. The number of allylic oxidation sites excluding steroid dienone is 2. The molecule has 3 atom stereocenters. The van der Waals surface area contributed by atoms with Crippen LogP contribution < -0.4 is 0 Å². The Hall–Kier alpha value is -1.82. The van der Waals surface area contributed by atoms with Gasteiger partial charge in [0, 0.05) is 31.1 Å². The van der Waals surface area contributed by atoms with Crippen LogP contribution in [0.4, 0.5) is 0 Å². The zero-order valence-electron chi connectivity index (χ0n) is 44.4. The molecular formula is C59H112N2O4.